The predicted octanol–water partition coefficient (Wildman–Crippen LogP) is 6.31. The standard InChI is InChI=1S/C33H46N6O5S3/c1-33(2,3)37-46(42)29-20-25(36-32(41)43-23-47(5)19-9-16-38(47)4)12-13-27(29)28-22-34-30(45-28)39-17-14-26(15-18-39)44-31(40)35-21-24-10-7-6-8-11-24/h6-8,10-13,20,22,26,37H,9,14-19,21,23H2,1-5H3,(H,35,40)(H,36,41). The van der Waals surface area contributed by atoms with Crippen LogP contribution in [0.15, 0.2) is 59.6 Å². The van der Waals surface area contributed by atoms with E-state index in [0.29, 0.717) is 49.0 Å². The Kier molecular flexibility index (Phi) is 11.5. The van der Waals surface area contributed by atoms with Crippen molar-refractivity contribution in [2.45, 2.75) is 63.1 Å². The number of ether oxygens (including phenoxy) is 2. The van der Waals surface area contributed by atoms with Crippen molar-refractivity contribution in [1.29, 1.82) is 0 Å². The molecule has 2 fully saturated rings. The molecule has 2 amide bonds. The van der Waals surface area contributed by atoms with Crippen LogP contribution < -0.4 is 20.3 Å². The molecular formula is C33H46N6O5S3. The van der Waals surface area contributed by atoms with Crippen LogP contribution in [-0.2, 0) is 27.0 Å². The molecule has 11 nitrogen and oxygen atoms in total. The summed E-state index contributed by atoms with van der Waals surface area (Å²) in [5.41, 5.74) is 1.91. The van der Waals surface area contributed by atoms with E-state index < -0.39 is 38.9 Å². The van der Waals surface area contributed by atoms with Crippen LogP contribution in [0.2, 0.25) is 0 Å². The molecule has 0 aliphatic carbocycles. The maximum absolute atomic E-state index is 13.6. The number of rotatable bonds is 10. The van der Waals surface area contributed by atoms with Crippen LogP contribution in [0.4, 0.5) is 20.4 Å². The lowest BCUT2D eigenvalue weighted by Gasteiger charge is -2.37. The van der Waals surface area contributed by atoms with Gasteiger partial charge in [-0.05, 0) is 63.9 Å². The fraction of sp³-hybridized carbons (Fsp3) is 0.485. The quantitative estimate of drug-likeness (QED) is 0.225. The Morgan fingerprint density at radius 3 is 2.51 bits per heavy atom. The van der Waals surface area contributed by atoms with E-state index in [4.69, 9.17) is 14.5 Å². The highest BCUT2D eigenvalue weighted by molar-refractivity contribution is 8.31. The molecule has 2 aromatic carbocycles. The predicted molar refractivity (Wildman–Crippen MR) is 192 cm³/mol. The molecular weight excluding hydrogens is 657 g/mol. The maximum atomic E-state index is 13.6. The van der Waals surface area contributed by atoms with E-state index in [1.54, 1.807) is 18.3 Å². The number of carbonyl (C=O) groups excluding carboxylic acids is 2. The maximum Gasteiger partial charge on any atom is 0.412 e. The van der Waals surface area contributed by atoms with Crippen LogP contribution in [0.3, 0.4) is 0 Å². The molecule has 0 spiro atoms. The Bertz CT molecular complexity index is 1560. The number of aromatic nitrogens is 1. The minimum Gasteiger partial charge on any atom is -0.446 e. The van der Waals surface area contributed by atoms with E-state index in [9.17, 15) is 13.8 Å². The number of nitrogens with zero attached hydrogens (tertiary/aromatic N) is 3. The zero-order chi connectivity index (χ0) is 33.6. The van der Waals surface area contributed by atoms with E-state index >= 15 is 0 Å². The summed E-state index contributed by atoms with van der Waals surface area (Å²) in [6.45, 7) is 8.73. The van der Waals surface area contributed by atoms with Gasteiger partial charge >= 0.3 is 12.2 Å². The molecule has 2 aliphatic heterocycles. The lowest BCUT2D eigenvalue weighted by Crippen LogP contribution is -2.39. The third kappa shape index (κ3) is 9.69. The van der Waals surface area contributed by atoms with Crippen molar-refractivity contribution >= 4 is 55.5 Å². The van der Waals surface area contributed by atoms with Crippen LogP contribution in [0.1, 0.15) is 45.6 Å². The molecule has 2 unspecified atom stereocenters. The van der Waals surface area contributed by atoms with E-state index in [1.165, 1.54) is 11.3 Å². The number of hydrogen-bond acceptors (Lipinski definition) is 9. The Hall–Kier alpha value is -3.17. The van der Waals surface area contributed by atoms with Gasteiger partial charge in [-0.25, -0.2) is 23.5 Å². The van der Waals surface area contributed by atoms with Gasteiger partial charge in [-0.3, -0.25) is 9.62 Å². The largest absolute Gasteiger partial charge is 0.446 e. The van der Waals surface area contributed by atoms with Crippen molar-refractivity contribution in [3.63, 3.8) is 0 Å². The molecule has 5 rings (SSSR count). The van der Waals surface area contributed by atoms with Crippen molar-refractivity contribution in [3.05, 3.63) is 60.3 Å². The smallest absolute Gasteiger partial charge is 0.412 e. The molecule has 0 saturated carbocycles. The van der Waals surface area contributed by atoms with E-state index in [0.717, 1.165) is 39.9 Å². The first kappa shape index (κ1) is 35.1. The summed E-state index contributed by atoms with van der Waals surface area (Å²) in [5, 5.41) is 6.52. The van der Waals surface area contributed by atoms with Gasteiger partial charge in [0.1, 0.15) is 23.0 Å². The molecule has 0 radical (unpaired) electrons. The average Bonchev–Trinajstić information content (AvgIpc) is 3.66. The minimum absolute atomic E-state index is 0.158. The fourth-order valence-electron chi connectivity index (χ4n) is 5.41. The van der Waals surface area contributed by atoms with Crippen molar-refractivity contribution in [3.8, 4) is 10.4 Å². The topological polar surface area (TPSA) is 125 Å². The van der Waals surface area contributed by atoms with Gasteiger partial charge in [-0.15, -0.1) is 0 Å². The summed E-state index contributed by atoms with van der Waals surface area (Å²) in [6, 6.07) is 15.2. The second-order valence-corrected chi connectivity index (χ2v) is 19.0. The number of hydrogen-bond donors (Lipinski definition) is 3. The summed E-state index contributed by atoms with van der Waals surface area (Å²) >= 11 is 1.52. The number of amides is 2. The minimum atomic E-state index is -1.56. The summed E-state index contributed by atoms with van der Waals surface area (Å²) in [7, 11) is -0.600. The lowest BCUT2D eigenvalue weighted by molar-refractivity contribution is 0.0828. The number of alkyl carbamates (subject to hydrolysis) is 1. The molecule has 2 saturated heterocycles. The highest BCUT2D eigenvalue weighted by Gasteiger charge is 2.30. The van der Waals surface area contributed by atoms with Crippen LogP contribution in [-0.4, -0.2) is 82.0 Å². The number of carbonyl (C=O) groups is 2. The molecule has 14 heteroatoms. The molecule has 3 aromatic rings. The molecule has 2 aliphatic rings. The average molecular weight is 703 g/mol. The first-order valence-electron chi connectivity index (χ1n) is 15.8. The van der Waals surface area contributed by atoms with Crippen molar-refractivity contribution in [2.75, 3.05) is 54.8 Å². The van der Waals surface area contributed by atoms with Crippen molar-refractivity contribution in [1.82, 2.24) is 19.3 Å². The first-order chi connectivity index (χ1) is 22.4. The molecule has 3 heterocycles. The highest BCUT2D eigenvalue weighted by Crippen LogP contribution is 2.51. The van der Waals surface area contributed by atoms with Gasteiger partial charge in [0.05, 0.1) is 9.77 Å². The van der Waals surface area contributed by atoms with Crippen LogP contribution >= 0.6 is 21.6 Å². The second-order valence-electron chi connectivity index (χ2n) is 13.1. The van der Waals surface area contributed by atoms with E-state index in [1.807, 2.05) is 57.2 Å². The molecule has 1 aromatic heterocycles. The first-order valence-corrected chi connectivity index (χ1v) is 20.1. The van der Waals surface area contributed by atoms with Crippen LogP contribution in [0, 0.1) is 0 Å². The SMILES string of the molecule is CN1CCCS1(C)COC(=O)Nc1ccc(-c2cnc(N3CCC(OC(=O)NCc4ccccc4)CC3)s2)c(S(=O)NC(C)(C)C)c1. The van der Waals surface area contributed by atoms with Gasteiger partial charge in [-0.1, -0.05) is 47.7 Å². The zero-order valence-corrected chi connectivity index (χ0v) is 30.2. The summed E-state index contributed by atoms with van der Waals surface area (Å²) in [6.07, 6.45) is 5.42. The number of thiazole rings is 1. The lowest BCUT2D eigenvalue weighted by atomic mass is 10.1. The molecule has 3 N–H and O–H groups in total. The van der Waals surface area contributed by atoms with Crippen LogP contribution in [0.5, 0.6) is 0 Å². The summed E-state index contributed by atoms with van der Waals surface area (Å²) in [5.74, 6) is 1.44. The Labute approximate surface area is 285 Å². The number of anilines is 2. The summed E-state index contributed by atoms with van der Waals surface area (Å²) < 4.78 is 30.4. The zero-order valence-electron chi connectivity index (χ0n) is 27.7. The van der Waals surface area contributed by atoms with Crippen LogP contribution in [0.25, 0.3) is 10.4 Å². The van der Waals surface area contributed by atoms with Crippen molar-refractivity contribution in [2.24, 2.45) is 0 Å². The number of nitrogens with one attached hydrogen (secondary N) is 3. The normalized spacial score (nSPS) is 21.1. The fourth-order valence-corrected chi connectivity index (χ4v) is 10.1. The van der Waals surface area contributed by atoms with Crippen molar-refractivity contribution < 1.29 is 23.3 Å². The third-order valence-corrected chi connectivity index (χ3v) is 14.2. The van der Waals surface area contributed by atoms with Gasteiger partial charge in [-0.2, -0.15) is 10.2 Å². The van der Waals surface area contributed by atoms with Gasteiger partial charge in [0.25, 0.3) is 0 Å². The number of benzene rings is 2. The van der Waals surface area contributed by atoms with Gasteiger partial charge in [0.2, 0.25) is 0 Å². The molecule has 2 atom stereocenters. The highest BCUT2D eigenvalue weighted by atomic mass is 32.3. The Morgan fingerprint density at radius 2 is 1.83 bits per heavy atom. The Balaban J connectivity index is 1.21. The van der Waals surface area contributed by atoms with Gasteiger partial charge < -0.3 is 19.7 Å². The summed E-state index contributed by atoms with van der Waals surface area (Å²) in [4.78, 5) is 33.4. The molecule has 0 bridgehead atoms. The molecule has 256 valence electrons. The third-order valence-electron chi connectivity index (χ3n) is 8.10. The van der Waals surface area contributed by atoms with E-state index in [-0.39, 0.29) is 6.10 Å². The number of piperidine rings is 1. The van der Waals surface area contributed by atoms with E-state index in [2.05, 4.69) is 37.9 Å². The monoisotopic (exact) mass is 702 g/mol. The van der Waals surface area contributed by atoms with Gasteiger partial charge in [0.15, 0.2) is 5.13 Å². The Morgan fingerprint density at radius 1 is 1.09 bits per heavy atom. The molecule has 47 heavy (non-hydrogen) atoms. The van der Waals surface area contributed by atoms with Gasteiger partial charge in [0, 0.05) is 62.0 Å². The second kappa shape index (κ2) is 15.4.